The number of hydrogen-bond donors (Lipinski definition) is 2. The number of nitrogens with zero attached hydrogens (tertiary/aromatic N) is 2. The number of benzene rings is 1. The van der Waals surface area contributed by atoms with Gasteiger partial charge in [0, 0.05) is 39.8 Å². The summed E-state index contributed by atoms with van der Waals surface area (Å²) in [4.78, 5) is 29.5. The summed E-state index contributed by atoms with van der Waals surface area (Å²) in [5, 5.41) is 6.30. The number of piperazine rings is 1. The predicted octanol–water partition coefficient (Wildman–Crippen LogP) is 1.31. The third-order valence-electron chi connectivity index (χ3n) is 5.79. The van der Waals surface area contributed by atoms with E-state index in [2.05, 4.69) is 15.5 Å². The molecule has 1 aromatic rings. The maximum atomic E-state index is 13.2. The Morgan fingerprint density at radius 3 is 2.30 bits per heavy atom. The van der Waals surface area contributed by atoms with E-state index in [1.165, 1.54) is 0 Å². The molecule has 170 valence electrons. The van der Waals surface area contributed by atoms with Crippen molar-refractivity contribution in [1.82, 2.24) is 20.4 Å². The van der Waals surface area contributed by atoms with Crippen molar-refractivity contribution in [1.29, 1.82) is 0 Å². The van der Waals surface area contributed by atoms with Crippen molar-refractivity contribution in [3.63, 3.8) is 0 Å². The molecular formula is C21H34Cl2N4O3. The Balaban J connectivity index is 0.00000225. The molecule has 30 heavy (non-hydrogen) atoms. The van der Waals surface area contributed by atoms with Gasteiger partial charge in [0.05, 0.1) is 18.6 Å². The average molecular weight is 461 g/mol. The van der Waals surface area contributed by atoms with Crippen LogP contribution in [0, 0.1) is 5.41 Å². The normalized spacial score (nSPS) is 18.6. The number of methoxy groups -OCH3 is 1. The first-order valence-electron chi connectivity index (χ1n) is 10.1. The number of ether oxygens (including phenoxy) is 1. The molecule has 2 aliphatic heterocycles. The molecule has 2 amide bonds. The second kappa shape index (κ2) is 13.1. The Bertz CT molecular complexity index is 643. The van der Waals surface area contributed by atoms with Gasteiger partial charge in [0.2, 0.25) is 11.8 Å². The SMILES string of the molecule is COCC1(C(=O)N2CCN(CC(=O)NCc3ccccc3)CC2)CCNCC1.Cl.Cl. The van der Waals surface area contributed by atoms with Gasteiger partial charge in [-0.3, -0.25) is 14.5 Å². The van der Waals surface area contributed by atoms with Gasteiger partial charge in [-0.05, 0) is 31.5 Å². The Hall–Kier alpha value is -1.38. The number of rotatable bonds is 7. The Labute approximate surface area is 191 Å². The highest BCUT2D eigenvalue weighted by Crippen LogP contribution is 2.32. The van der Waals surface area contributed by atoms with Gasteiger partial charge in [0.1, 0.15) is 0 Å². The van der Waals surface area contributed by atoms with Crippen LogP contribution in [0.25, 0.3) is 0 Å². The van der Waals surface area contributed by atoms with E-state index in [0.717, 1.165) is 44.6 Å². The summed E-state index contributed by atoms with van der Waals surface area (Å²) in [7, 11) is 1.67. The maximum absolute atomic E-state index is 13.2. The zero-order valence-corrected chi connectivity index (χ0v) is 19.2. The number of amides is 2. The number of hydrogen-bond acceptors (Lipinski definition) is 5. The van der Waals surface area contributed by atoms with Crippen molar-refractivity contribution in [2.45, 2.75) is 19.4 Å². The van der Waals surface area contributed by atoms with Gasteiger partial charge < -0.3 is 20.3 Å². The molecule has 0 saturated carbocycles. The molecule has 2 N–H and O–H groups in total. The highest BCUT2D eigenvalue weighted by atomic mass is 35.5. The van der Waals surface area contributed by atoms with Crippen LogP contribution >= 0.6 is 24.8 Å². The van der Waals surface area contributed by atoms with E-state index in [1.54, 1.807) is 7.11 Å². The van der Waals surface area contributed by atoms with Gasteiger partial charge in [-0.25, -0.2) is 0 Å². The lowest BCUT2D eigenvalue weighted by atomic mass is 9.78. The predicted molar refractivity (Wildman–Crippen MR) is 122 cm³/mol. The molecule has 7 nitrogen and oxygen atoms in total. The molecule has 0 spiro atoms. The molecule has 0 aromatic heterocycles. The molecule has 0 radical (unpaired) electrons. The van der Waals surface area contributed by atoms with Crippen molar-refractivity contribution in [2.75, 3.05) is 59.5 Å². The summed E-state index contributed by atoms with van der Waals surface area (Å²) >= 11 is 0. The third kappa shape index (κ3) is 7.10. The number of nitrogens with one attached hydrogen (secondary N) is 2. The summed E-state index contributed by atoms with van der Waals surface area (Å²) in [5.41, 5.74) is 0.701. The second-order valence-electron chi connectivity index (χ2n) is 7.79. The first-order chi connectivity index (χ1) is 13.6. The molecular weight excluding hydrogens is 427 g/mol. The summed E-state index contributed by atoms with van der Waals surface area (Å²) in [6, 6.07) is 9.90. The largest absolute Gasteiger partial charge is 0.384 e. The molecule has 2 heterocycles. The number of carbonyl (C=O) groups excluding carboxylic acids is 2. The zero-order chi connectivity index (χ0) is 19.8. The average Bonchev–Trinajstić information content (AvgIpc) is 2.74. The fourth-order valence-electron chi connectivity index (χ4n) is 4.10. The van der Waals surface area contributed by atoms with Crippen molar-refractivity contribution < 1.29 is 14.3 Å². The minimum Gasteiger partial charge on any atom is -0.384 e. The van der Waals surface area contributed by atoms with Crippen LogP contribution in [-0.4, -0.2) is 81.1 Å². The van der Waals surface area contributed by atoms with Crippen LogP contribution < -0.4 is 10.6 Å². The summed E-state index contributed by atoms with van der Waals surface area (Å²) in [5.74, 6) is 0.238. The van der Waals surface area contributed by atoms with Crippen molar-refractivity contribution in [3.8, 4) is 0 Å². The van der Waals surface area contributed by atoms with E-state index in [0.29, 0.717) is 32.8 Å². The summed E-state index contributed by atoms with van der Waals surface area (Å²) in [6.45, 7) is 5.92. The molecule has 2 aliphatic rings. The molecule has 3 rings (SSSR count). The minimum absolute atomic E-state index is 0. The number of piperidine rings is 1. The minimum atomic E-state index is -0.394. The summed E-state index contributed by atoms with van der Waals surface area (Å²) in [6.07, 6.45) is 1.64. The molecule has 9 heteroatoms. The molecule has 0 unspecified atom stereocenters. The second-order valence-corrected chi connectivity index (χ2v) is 7.79. The van der Waals surface area contributed by atoms with Crippen molar-refractivity contribution in [3.05, 3.63) is 35.9 Å². The monoisotopic (exact) mass is 460 g/mol. The lowest BCUT2D eigenvalue weighted by Crippen LogP contribution is -2.57. The Kier molecular flexibility index (Phi) is 11.7. The van der Waals surface area contributed by atoms with E-state index in [-0.39, 0.29) is 36.6 Å². The molecule has 0 bridgehead atoms. The van der Waals surface area contributed by atoms with E-state index in [1.807, 2.05) is 35.2 Å². The standard InChI is InChI=1S/C21H32N4O3.2ClH/c1-28-17-21(7-9-22-10-8-21)20(27)25-13-11-24(12-14-25)16-19(26)23-15-18-5-3-2-4-6-18;;/h2-6,22H,7-17H2,1H3,(H,23,26);2*1H. The lowest BCUT2D eigenvalue weighted by Gasteiger charge is -2.42. The highest BCUT2D eigenvalue weighted by Gasteiger charge is 2.42. The smallest absolute Gasteiger partial charge is 0.234 e. The number of carbonyl (C=O) groups is 2. The van der Waals surface area contributed by atoms with Gasteiger partial charge in [0.15, 0.2) is 0 Å². The lowest BCUT2D eigenvalue weighted by molar-refractivity contribution is -0.149. The fraction of sp³-hybridized carbons (Fsp3) is 0.619. The first-order valence-corrected chi connectivity index (χ1v) is 10.1. The van der Waals surface area contributed by atoms with Gasteiger partial charge in [-0.1, -0.05) is 30.3 Å². The first kappa shape index (κ1) is 26.7. The van der Waals surface area contributed by atoms with Gasteiger partial charge in [0.25, 0.3) is 0 Å². The van der Waals surface area contributed by atoms with E-state index in [4.69, 9.17) is 4.74 Å². The highest BCUT2D eigenvalue weighted by molar-refractivity contribution is 5.85. The van der Waals surface area contributed by atoms with Crippen LogP contribution in [0.3, 0.4) is 0 Å². The zero-order valence-electron chi connectivity index (χ0n) is 17.6. The fourth-order valence-corrected chi connectivity index (χ4v) is 4.10. The molecule has 0 aliphatic carbocycles. The van der Waals surface area contributed by atoms with E-state index < -0.39 is 5.41 Å². The Morgan fingerprint density at radius 1 is 1.07 bits per heavy atom. The van der Waals surface area contributed by atoms with Crippen LogP contribution in [0.1, 0.15) is 18.4 Å². The van der Waals surface area contributed by atoms with E-state index in [9.17, 15) is 9.59 Å². The van der Waals surface area contributed by atoms with Crippen molar-refractivity contribution >= 4 is 36.6 Å². The van der Waals surface area contributed by atoms with Crippen LogP contribution in [0.2, 0.25) is 0 Å². The number of halogens is 2. The van der Waals surface area contributed by atoms with Crippen LogP contribution in [0.4, 0.5) is 0 Å². The third-order valence-corrected chi connectivity index (χ3v) is 5.79. The summed E-state index contributed by atoms with van der Waals surface area (Å²) < 4.78 is 5.40. The van der Waals surface area contributed by atoms with Crippen molar-refractivity contribution in [2.24, 2.45) is 5.41 Å². The maximum Gasteiger partial charge on any atom is 0.234 e. The molecule has 2 fully saturated rings. The van der Waals surface area contributed by atoms with E-state index >= 15 is 0 Å². The van der Waals surface area contributed by atoms with Gasteiger partial charge in [-0.15, -0.1) is 24.8 Å². The van der Waals surface area contributed by atoms with Crippen LogP contribution in [0.5, 0.6) is 0 Å². The molecule has 2 saturated heterocycles. The Morgan fingerprint density at radius 2 is 1.70 bits per heavy atom. The van der Waals surface area contributed by atoms with Crippen LogP contribution in [0.15, 0.2) is 30.3 Å². The van der Waals surface area contributed by atoms with Crippen LogP contribution in [-0.2, 0) is 20.9 Å². The topological polar surface area (TPSA) is 73.9 Å². The van der Waals surface area contributed by atoms with Gasteiger partial charge >= 0.3 is 0 Å². The molecule has 1 aromatic carbocycles. The quantitative estimate of drug-likeness (QED) is 0.641. The molecule has 0 atom stereocenters. The van der Waals surface area contributed by atoms with Gasteiger partial charge in [-0.2, -0.15) is 0 Å².